The molecule has 3 aromatic rings. The Bertz CT molecular complexity index is 1050. The van der Waals surface area contributed by atoms with E-state index in [2.05, 4.69) is 96.2 Å². The van der Waals surface area contributed by atoms with E-state index in [0.29, 0.717) is 0 Å². The van der Waals surface area contributed by atoms with Gasteiger partial charge in [0.2, 0.25) is 0 Å². The fourth-order valence-electron chi connectivity index (χ4n) is 4.07. The Morgan fingerprint density at radius 1 is 0.765 bits per heavy atom. The zero-order valence-corrected chi connectivity index (χ0v) is 25.5. The first-order chi connectivity index (χ1) is 15.1. The minimum atomic E-state index is 0. The second-order valence-electron chi connectivity index (χ2n) is 11.1. The van der Waals surface area contributed by atoms with Crippen molar-refractivity contribution in [3.63, 3.8) is 0 Å². The fraction of sp³-hybridized carbons (Fsp3) is 0.419. The van der Waals surface area contributed by atoms with Gasteiger partial charge in [-0.3, -0.25) is 6.08 Å². The van der Waals surface area contributed by atoms with E-state index in [1.807, 2.05) is 12.2 Å². The second kappa shape index (κ2) is 13.4. The number of benzene rings is 2. The van der Waals surface area contributed by atoms with E-state index in [0.717, 1.165) is 6.42 Å². The van der Waals surface area contributed by atoms with Gasteiger partial charge in [0, 0.05) is 0 Å². The van der Waals surface area contributed by atoms with Crippen LogP contribution in [0.3, 0.4) is 0 Å². The van der Waals surface area contributed by atoms with Gasteiger partial charge in [-0.25, -0.2) is 12.2 Å². The monoisotopic (exact) mass is 570 g/mol. The molecule has 0 amide bonds. The van der Waals surface area contributed by atoms with Crippen LogP contribution in [-0.2, 0) is 35.1 Å². The summed E-state index contributed by atoms with van der Waals surface area (Å²) in [5.74, 6) is 0. The number of allylic oxidation sites excluding steroid dienone is 4. The fourth-order valence-corrected chi connectivity index (χ4v) is 4.94. The SMILES string of the molecule is CC(C)(C)c1ccc2[cH-]c3ccc(C(C)(C)C)cc3c2c1.[C-]1=CC=CC1.[Cl-].[Cl-].[Zr+2]=[C]1CCCC1. The molecule has 1 fully saturated rings. The Hall–Kier alpha value is -0.877. The molecule has 0 heterocycles. The summed E-state index contributed by atoms with van der Waals surface area (Å²) in [5.41, 5.74) is 3.20. The van der Waals surface area contributed by atoms with E-state index in [9.17, 15) is 0 Å². The summed E-state index contributed by atoms with van der Waals surface area (Å²) in [6, 6.07) is 16.1. The number of fused-ring (bicyclic) bond motifs is 3. The van der Waals surface area contributed by atoms with E-state index < -0.39 is 0 Å². The molecule has 34 heavy (non-hydrogen) atoms. The normalized spacial score (nSPS) is 14.8. The van der Waals surface area contributed by atoms with Crippen LogP contribution in [0.25, 0.3) is 21.5 Å². The minimum absolute atomic E-state index is 0. The van der Waals surface area contributed by atoms with Gasteiger partial charge in [-0.15, -0.1) is 46.2 Å². The van der Waals surface area contributed by atoms with Gasteiger partial charge in [-0.1, -0.05) is 76.9 Å². The summed E-state index contributed by atoms with van der Waals surface area (Å²) in [4.78, 5) is 0. The van der Waals surface area contributed by atoms with Gasteiger partial charge in [0.25, 0.3) is 0 Å². The molecule has 0 spiro atoms. The molecule has 182 valence electrons. The van der Waals surface area contributed by atoms with Crippen molar-refractivity contribution in [3.8, 4) is 0 Å². The van der Waals surface area contributed by atoms with Crippen LogP contribution in [0.2, 0.25) is 0 Å². The van der Waals surface area contributed by atoms with Crippen LogP contribution in [-0.4, -0.2) is 3.21 Å². The van der Waals surface area contributed by atoms with Crippen molar-refractivity contribution < 1.29 is 49.0 Å². The first kappa shape index (κ1) is 31.2. The maximum absolute atomic E-state index is 2.99. The molecule has 3 aromatic carbocycles. The van der Waals surface area contributed by atoms with E-state index >= 15 is 0 Å². The van der Waals surface area contributed by atoms with Gasteiger partial charge in [0.15, 0.2) is 0 Å². The molecule has 0 aromatic heterocycles. The van der Waals surface area contributed by atoms with Crippen molar-refractivity contribution in [1.82, 2.24) is 0 Å². The van der Waals surface area contributed by atoms with Crippen molar-refractivity contribution in [3.05, 3.63) is 77.9 Å². The predicted molar refractivity (Wildman–Crippen MR) is 139 cm³/mol. The van der Waals surface area contributed by atoms with E-state index in [-0.39, 0.29) is 35.6 Å². The summed E-state index contributed by atoms with van der Waals surface area (Å²) in [7, 11) is 0. The topological polar surface area (TPSA) is 0 Å². The third-order valence-corrected chi connectivity index (χ3v) is 7.46. The van der Waals surface area contributed by atoms with Crippen LogP contribution in [0, 0.1) is 6.08 Å². The summed E-state index contributed by atoms with van der Waals surface area (Å²) >= 11 is 1.68. The van der Waals surface area contributed by atoms with Crippen LogP contribution in [0.1, 0.15) is 84.8 Å². The molecule has 0 aliphatic heterocycles. The Kier molecular flexibility index (Phi) is 12.3. The number of halogens is 2. The molecule has 0 radical (unpaired) electrons. The molecule has 5 rings (SSSR count). The molecule has 0 nitrogen and oxygen atoms in total. The molecule has 0 atom stereocenters. The molecule has 2 aliphatic rings. The number of rotatable bonds is 0. The zero-order valence-electron chi connectivity index (χ0n) is 21.6. The molecule has 0 bridgehead atoms. The molecule has 0 N–H and O–H groups in total. The van der Waals surface area contributed by atoms with Crippen molar-refractivity contribution in [2.24, 2.45) is 0 Å². The molecular formula is C31H38Cl2Zr-2. The molecule has 0 saturated heterocycles. The third-order valence-electron chi connectivity index (χ3n) is 6.23. The standard InChI is InChI=1S/C21H25.C5H8.C5H5.2ClH.Zr/c1-20(2,3)16-9-7-14-11-15-8-10-17(21(4,5)6)13-19(15)18(14)12-16;2*1-2-4-5-3-1;;;/h7-13H,1-6H3;1-4H2;1-3H,4H2;2*1H;/q-1;;-1;;;+2/p-2. The van der Waals surface area contributed by atoms with Gasteiger partial charge in [0.05, 0.1) is 0 Å². The summed E-state index contributed by atoms with van der Waals surface area (Å²) in [5, 5.41) is 5.49. The molecule has 3 heteroatoms. The average molecular weight is 573 g/mol. The first-order valence-corrected chi connectivity index (χ1v) is 13.2. The van der Waals surface area contributed by atoms with Crippen LogP contribution >= 0.6 is 0 Å². The summed E-state index contributed by atoms with van der Waals surface area (Å²) in [6.07, 6.45) is 15.8. The van der Waals surface area contributed by atoms with Crippen molar-refractivity contribution in [2.75, 3.05) is 0 Å². The molecule has 1 saturated carbocycles. The van der Waals surface area contributed by atoms with Crippen LogP contribution in [0.4, 0.5) is 0 Å². The second-order valence-corrected chi connectivity index (χ2v) is 12.8. The first-order valence-electron chi connectivity index (χ1n) is 12.0. The third kappa shape index (κ3) is 8.65. The van der Waals surface area contributed by atoms with Crippen LogP contribution in [0.5, 0.6) is 0 Å². The Morgan fingerprint density at radius 2 is 1.24 bits per heavy atom. The quantitative estimate of drug-likeness (QED) is 0.364. The predicted octanol–water partition coefficient (Wildman–Crippen LogP) is 2.90. The van der Waals surface area contributed by atoms with Crippen molar-refractivity contribution >= 4 is 24.8 Å². The summed E-state index contributed by atoms with van der Waals surface area (Å²) < 4.78 is 1.79. The van der Waals surface area contributed by atoms with Gasteiger partial charge in [0.1, 0.15) is 0 Å². The molecule has 0 unspecified atom stereocenters. The van der Waals surface area contributed by atoms with Gasteiger partial charge in [-0.05, 0) is 10.8 Å². The van der Waals surface area contributed by atoms with Gasteiger partial charge < -0.3 is 24.8 Å². The summed E-state index contributed by atoms with van der Waals surface area (Å²) in [6.45, 7) is 13.7. The average Bonchev–Trinajstić information content (AvgIpc) is 3.49. The van der Waals surface area contributed by atoms with E-state index in [1.165, 1.54) is 58.4 Å². The maximum atomic E-state index is 2.99. The Balaban J connectivity index is 0.000000367. The van der Waals surface area contributed by atoms with Crippen LogP contribution in [0.15, 0.2) is 60.7 Å². The van der Waals surface area contributed by atoms with Crippen molar-refractivity contribution in [2.45, 2.75) is 84.5 Å². The molecular weight excluding hydrogens is 534 g/mol. The van der Waals surface area contributed by atoms with Gasteiger partial charge >= 0.3 is 53.1 Å². The zero-order chi connectivity index (χ0) is 23.4. The Labute approximate surface area is 234 Å². The van der Waals surface area contributed by atoms with Crippen LogP contribution < -0.4 is 24.8 Å². The molecule has 2 aliphatic carbocycles. The number of hydrogen-bond acceptors (Lipinski definition) is 0. The van der Waals surface area contributed by atoms with Gasteiger partial charge in [-0.2, -0.15) is 6.08 Å². The van der Waals surface area contributed by atoms with E-state index in [4.69, 9.17) is 0 Å². The van der Waals surface area contributed by atoms with Crippen molar-refractivity contribution in [1.29, 1.82) is 0 Å². The Morgan fingerprint density at radius 3 is 1.50 bits per heavy atom. The van der Waals surface area contributed by atoms with E-state index in [1.54, 1.807) is 27.4 Å². The number of hydrogen-bond donors (Lipinski definition) is 0.